The Balaban J connectivity index is 0.000000177. The van der Waals surface area contributed by atoms with Gasteiger partial charge in [-0.05, 0) is 228 Å². The Kier molecular flexibility index (Phi) is 27.5. The van der Waals surface area contributed by atoms with E-state index in [0.717, 1.165) is 0 Å². The van der Waals surface area contributed by atoms with Crippen molar-refractivity contribution in [2.75, 3.05) is 0 Å². The lowest BCUT2D eigenvalue weighted by Crippen LogP contribution is -2.16. The minimum Gasteiger partial charge on any atom is -0.0622 e. The van der Waals surface area contributed by atoms with Gasteiger partial charge in [-0.15, -0.1) is 0 Å². The van der Waals surface area contributed by atoms with Gasteiger partial charge in [-0.2, -0.15) is 0 Å². The number of benzene rings is 12. The van der Waals surface area contributed by atoms with Crippen molar-refractivity contribution in [2.24, 2.45) is 0 Å². The smallest absolute Gasteiger partial charge is 0.0132 e. The summed E-state index contributed by atoms with van der Waals surface area (Å²) in [4.78, 5) is 0. The van der Waals surface area contributed by atoms with Crippen LogP contribution in [0.15, 0.2) is 267 Å². The van der Waals surface area contributed by atoms with Crippen LogP contribution in [0.25, 0.3) is 55.3 Å². The van der Waals surface area contributed by atoms with E-state index >= 15 is 0 Å². The van der Waals surface area contributed by atoms with Crippen LogP contribution < -0.4 is 0 Å². The second-order valence-corrected chi connectivity index (χ2v) is 29.0. The molecule has 0 nitrogen and oxygen atoms in total. The molecule has 0 aliphatic heterocycles. The van der Waals surface area contributed by atoms with Gasteiger partial charge in [0.2, 0.25) is 0 Å². The van der Waals surface area contributed by atoms with Crippen molar-refractivity contribution in [3.63, 3.8) is 0 Å². The zero-order valence-corrected chi connectivity index (χ0v) is 61.9. The summed E-state index contributed by atoms with van der Waals surface area (Å²) in [5, 5.41) is 2.71. The first-order valence-corrected chi connectivity index (χ1v) is 34.1. The van der Waals surface area contributed by atoms with Crippen molar-refractivity contribution in [1.29, 1.82) is 0 Å². The van der Waals surface area contributed by atoms with E-state index in [2.05, 4.69) is 413 Å². The molecule has 0 aliphatic carbocycles. The molecule has 0 heteroatoms. The molecule has 0 heterocycles. The molecule has 0 bridgehead atoms. The van der Waals surface area contributed by atoms with Crippen LogP contribution >= 0.6 is 0 Å². The van der Waals surface area contributed by atoms with Crippen LogP contribution in [0.2, 0.25) is 0 Å². The number of hydrogen-bond donors (Lipinski definition) is 0. The molecule has 12 rings (SSSR count). The van der Waals surface area contributed by atoms with Gasteiger partial charge < -0.3 is 0 Å². The second-order valence-electron chi connectivity index (χ2n) is 29.0. The Hall–Kier alpha value is -9.10. The Labute approximate surface area is 576 Å². The molecule has 0 unspecified atom stereocenters. The van der Waals surface area contributed by atoms with Gasteiger partial charge in [0, 0.05) is 0 Å². The third kappa shape index (κ3) is 23.1. The molecule has 0 spiro atoms. The van der Waals surface area contributed by atoms with Gasteiger partial charge in [0.25, 0.3) is 0 Å². The lowest BCUT2D eigenvalue weighted by atomic mass is 9.80. The van der Waals surface area contributed by atoms with Crippen molar-refractivity contribution in [3.8, 4) is 44.5 Å². The number of hydrogen-bond acceptors (Lipinski definition) is 0. The van der Waals surface area contributed by atoms with Gasteiger partial charge in [0.05, 0.1) is 0 Å². The largest absolute Gasteiger partial charge is 0.0622 e. The highest BCUT2D eigenvalue weighted by atomic mass is 14.2. The van der Waals surface area contributed by atoms with E-state index in [0.29, 0.717) is 0 Å². The van der Waals surface area contributed by atoms with Crippen LogP contribution in [0.5, 0.6) is 0 Å². The monoisotopic (exact) mass is 1250 g/mol. The van der Waals surface area contributed by atoms with E-state index in [1.165, 1.54) is 144 Å². The Morgan fingerprint density at radius 3 is 0.937 bits per heavy atom. The van der Waals surface area contributed by atoms with E-state index < -0.39 is 0 Å². The maximum atomic E-state index is 2.35. The summed E-state index contributed by atoms with van der Waals surface area (Å²) in [7, 11) is 0. The summed E-state index contributed by atoms with van der Waals surface area (Å²) >= 11 is 0. The minimum absolute atomic E-state index is 0.242. The average molecular weight is 1250 g/mol. The van der Waals surface area contributed by atoms with Crippen molar-refractivity contribution in [2.45, 2.75) is 169 Å². The fourth-order valence-electron chi connectivity index (χ4n) is 11.2. The van der Waals surface area contributed by atoms with Crippen LogP contribution in [0, 0.1) is 90.0 Å². The standard InChI is InChI=1S/C19H16.C15H16.C15H24.C13H12.C12H12.C11H16.C10H14/c1-15-18(16-9-4-2-5-10-16)13-8-14-19(15)17-11-6-3-7-12-17;1-11-9-15(10-12(2)13(11)3)14-7-5-4-6-8-14;1-11-8-12(14(2,3)4)10-13(9-11)15(5,6)7;1-11-7-9-13(10-8-11)12-5-3-2-4-6-12;1-9-7-8-11-5-3-4-6-12(11)10(9)2;1-9-5-7-10(8-6-9)11(2,3)4;1-7-5-8(2)10(4)9(3)6-7/h2-14H,1H3;4-10H,1-3H3;8-10H,1-7H3;2-10H,1H3;3-8H,1-2H3;5-8H,1-4H3;5-6H,1-4H3. The SMILES string of the molecule is Cc1c(-c2ccccc2)cccc1-c1ccccc1.Cc1cc(-c2ccccc2)cc(C)c1C.Cc1cc(C(C)(C)C)cc(C(C)(C)C)c1.Cc1cc(C)c(C)c(C)c1.Cc1ccc(-c2ccccc2)cc1.Cc1ccc(C(C)(C)C)cc1.Cc1ccc2ccccc2c1C. The lowest BCUT2D eigenvalue weighted by molar-refractivity contribution is 0.567. The van der Waals surface area contributed by atoms with E-state index in [1.54, 1.807) is 0 Å². The van der Waals surface area contributed by atoms with Crippen molar-refractivity contribution < 1.29 is 0 Å². The number of fused-ring (bicyclic) bond motifs is 1. The summed E-state index contributed by atoms with van der Waals surface area (Å²) < 4.78 is 0. The Morgan fingerprint density at radius 2 is 0.526 bits per heavy atom. The highest BCUT2D eigenvalue weighted by Crippen LogP contribution is 2.33. The molecule has 490 valence electrons. The van der Waals surface area contributed by atoms with Gasteiger partial charge in [0.1, 0.15) is 0 Å². The third-order valence-corrected chi connectivity index (χ3v) is 18.0. The van der Waals surface area contributed by atoms with E-state index in [1.807, 2.05) is 6.07 Å². The zero-order chi connectivity index (χ0) is 69.6. The summed E-state index contributed by atoms with van der Waals surface area (Å²) in [6.07, 6.45) is 0. The average Bonchev–Trinajstić information content (AvgIpc) is 0.972. The van der Waals surface area contributed by atoms with Gasteiger partial charge >= 0.3 is 0 Å². The summed E-state index contributed by atoms with van der Waals surface area (Å²) in [5.74, 6) is 0. The molecule has 95 heavy (non-hydrogen) atoms. The Bertz CT molecular complexity index is 4160. The summed E-state index contributed by atoms with van der Waals surface area (Å²) in [6, 6.07) is 94.7. The first kappa shape index (κ1) is 74.9. The van der Waals surface area contributed by atoms with Crippen LogP contribution in [0.3, 0.4) is 0 Å². The molecule has 0 amide bonds. The molecule has 12 aromatic rings. The molecule has 0 N–H and O–H groups in total. The molecule has 0 fully saturated rings. The zero-order valence-electron chi connectivity index (χ0n) is 61.9. The van der Waals surface area contributed by atoms with Crippen molar-refractivity contribution >= 4 is 10.8 Å². The normalized spacial score (nSPS) is 10.8. The predicted octanol–water partition coefficient (Wildman–Crippen LogP) is 27.5. The second kappa shape index (κ2) is 34.9. The Morgan fingerprint density at radius 1 is 0.189 bits per heavy atom. The van der Waals surface area contributed by atoms with Gasteiger partial charge in [-0.3, -0.25) is 0 Å². The van der Waals surface area contributed by atoms with E-state index in [4.69, 9.17) is 0 Å². The van der Waals surface area contributed by atoms with Crippen molar-refractivity contribution in [1.82, 2.24) is 0 Å². The van der Waals surface area contributed by atoms with Crippen LogP contribution in [0.4, 0.5) is 0 Å². The minimum atomic E-state index is 0.242. The van der Waals surface area contributed by atoms with Gasteiger partial charge in [0.15, 0.2) is 0 Å². The molecule has 0 aromatic heterocycles. The van der Waals surface area contributed by atoms with Crippen LogP contribution in [0.1, 0.15) is 151 Å². The quantitative estimate of drug-likeness (QED) is 0.165. The molecular formula is C95H110. The van der Waals surface area contributed by atoms with E-state index in [9.17, 15) is 0 Å². The predicted molar refractivity (Wildman–Crippen MR) is 422 cm³/mol. The highest BCUT2D eigenvalue weighted by molar-refractivity contribution is 5.86. The molecule has 0 atom stereocenters. The van der Waals surface area contributed by atoms with Gasteiger partial charge in [-0.25, -0.2) is 0 Å². The molecule has 0 saturated heterocycles. The number of aryl methyl sites for hydroxylation is 10. The summed E-state index contributed by atoms with van der Waals surface area (Å²) in [6.45, 7) is 48.4. The van der Waals surface area contributed by atoms with Gasteiger partial charge in [-0.1, -0.05) is 351 Å². The topological polar surface area (TPSA) is 0 Å². The molecule has 0 aliphatic rings. The molecule has 0 radical (unpaired) electrons. The lowest BCUT2D eigenvalue weighted by Gasteiger charge is -2.25. The van der Waals surface area contributed by atoms with E-state index in [-0.39, 0.29) is 16.2 Å². The fraction of sp³-hybridized carbons (Fsp3) is 0.263. The van der Waals surface area contributed by atoms with Crippen LogP contribution in [-0.2, 0) is 16.2 Å². The number of rotatable bonds is 4. The first-order chi connectivity index (χ1) is 44.9. The fourth-order valence-corrected chi connectivity index (χ4v) is 11.2. The highest BCUT2D eigenvalue weighted by Gasteiger charge is 2.20. The third-order valence-electron chi connectivity index (χ3n) is 18.0. The van der Waals surface area contributed by atoms with Crippen LogP contribution in [-0.4, -0.2) is 0 Å². The molecule has 0 saturated carbocycles. The molecule has 12 aromatic carbocycles. The maximum absolute atomic E-state index is 2.35. The summed E-state index contributed by atoms with van der Waals surface area (Å²) in [5.41, 5.74) is 33.2. The molecular weight excluding hydrogens is 1140 g/mol. The maximum Gasteiger partial charge on any atom is -0.0132 e. The first-order valence-electron chi connectivity index (χ1n) is 34.1. The van der Waals surface area contributed by atoms with Crippen molar-refractivity contribution in [3.05, 3.63) is 356 Å².